The Morgan fingerprint density at radius 2 is 1.84 bits per heavy atom. The molecule has 0 saturated carbocycles. The van der Waals surface area contributed by atoms with Crippen molar-refractivity contribution in [3.8, 4) is 0 Å². The Morgan fingerprint density at radius 1 is 1.05 bits per heavy atom. The molecule has 3 aromatic rings. The summed E-state index contributed by atoms with van der Waals surface area (Å²) in [5.41, 5.74) is 2.18. The van der Waals surface area contributed by atoms with Gasteiger partial charge in [0.15, 0.2) is 0 Å². The van der Waals surface area contributed by atoms with Gasteiger partial charge in [-0.05, 0) is 54.3 Å². The van der Waals surface area contributed by atoms with Crippen LogP contribution in [0.25, 0.3) is 0 Å². The maximum absolute atomic E-state index is 13.8. The maximum Gasteiger partial charge on any atom is 0.254 e. The first-order valence-electron chi connectivity index (χ1n) is 12.5. The van der Waals surface area contributed by atoms with E-state index in [0.29, 0.717) is 44.2 Å². The van der Waals surface area contributed by atoms with E-state index < -0.39 is 5.82 Å². The highest BCUT2D eigenvalue weighted by atomic mass is 35.5. The first kappa shape index (κ1) is 28.4. The number of nitrogens with zero attached hydrogens (tertiary/aromatic N) is 3. The zero-order chi connectivity index (χ0) is 26.8. The van der Waals surface area contributed by atoms with Gasteiger partial charge in [-0.2, -0.15) is 0 Å². The van der Waals surface area contributed by atoms with Crippen molar-refractivity contribution in [1.29, 1.82) is 0 Å². The van der Waals surface area contributed by atoms with Crippen LogP contribution >= 0.6 is 11.6 Å². The van der Waals surface area contributed by atoms with E-state index in [1.165, 1.54) is 23.1 Å². The number of ether oxygens (including phenoxy) is 1. The number of benzene rings is 2. The Morgan fingerprint density at radius 3 is 2.54 bits per heavy atom. The Balaban J connectivity index is 1.79. The quantitative estimate of drug-likeness (QED) is 0.276. The number of hydrogen-bond donors (Lipinski definition) is 0. The summed E-state index contributed by atoms with van der Waals surface area (Å²) in [5.74, 6) is -0.802. The minimum atomic E-state index is -0.491. The zero-order valence-electron chi connectivity index (χ0n) is 21.7. The molecule has 0 saturated heterocycles. The summed E-state index contributed by atoms with van der Waals surface area (Å²) in [7, 11) is 1.59. The van der Waals surface area contributed by atoms with E-state index in [1.807, 2.05) is 42.6 Å². The highest BCUT2D eigenvalue weighted by Crippen LogP contribution is 2.19. The maximum atomic E-state index is 13.8. The standard InChI is InChI=1S/C29H35ClFN3O3/c1-22(2)18-34(20-26-12-7-14-32(26)19-24-9-4-5-13-27(24)30)28(35)21-33(15-8-16-37-3)29(36)23-10-6-11-25(31)17-23/h4-7,9-14,17,22H,8,15-16,18-21H2,1-3H3. The van der Waals surface area contributed by atoms with E-state index in [9.17, 15) is 14.0 Å². The summed E-state index contributed by atoms with van der Waals surface area (Å²) >= 11 is 6.37. The fourth-order valence-corrected chi connectivity index (χ4v) is 4.36. The van der Waals surface area contributed by atoms with Gasteiger partial charge in [-0.15, -0.1) is 0 Å². The number of amides is 2. The van der Waals surface area contributed by atoms with Crippen molar-refractivity contribution in [3.05, 3.63) is 94.5 Å². The average Bonchev–Trinajstić information content (AvgIpc) is 3.30. The molecule has 0 radical (unpaired) electrons. The normalized spacial score (nSPS) is 11.1. The molecule has 3 rings (SSSR count). The van der Waals surface area contributed by atoms with Crippen LogP contribution < -0.4 is 0 Å². The third-order valence-corrected chi connectivity index (χ3v) is 6.34. The third-order valence-electron chi connectivity index (χ3n) is 5.97. The molecule has 8 heteroatoms. The van der Waals surface area contributed by atoms with Gasteiger partial charge in [-0.3, -0.25) is 9.59 Å². The summed E-state index contributed by atoms with van der Waals surface area (Å²) in [4.78, 5) is 30.0. The topological polar surface area (TPSA) is 54.8 Å². The van der Waals surface area contributed by atoms with Crippen molar-refractivity contribution in [2.45, 2.75) is 33.4 Å². The largest absolute Gasteiger partial charge is 0.385 e. The van der Waals surface area contributed by atoms with E-state index in [-0.39, 0.29) is 29.8 Å². The minimum Gasteiger partial charge on any atom is -0.385 e. The molecule has 37 heavy (non-hydrogen) atoms. The van der Waals surface area contributed by atoms with Crippen molar-refractivity contribution in [2.75, 3.05) is 33.4 Å². The van der Waals surface area contributed by atoms with Crippen molar-refractivity contribution in [1.82, 2.24) is 14.4 Å². The molecular formula is C29H35ClFN3O3. The number of carbonyl (C=O) groups is 2. The van der Waals surface area contributed by atoms with Gasteiger partial charge in [0, 0.05) is 55.8 Å². The van der Waals surface area contributed by atoms with E-state index in [2.05, 4.69) is 18.4 Å². The zero-order valence-corrected chi connectivity index (χ0v) is 22.5. The number of methoxy groups -OCH3 is 1. The van der Waals surface area contributed by atoms with Crippen molar-refractivity contribution in [2.24, 2.45) is 5.92 Å². The molecule has 0 unspecified atom stereocenters. The van der Waals surface area contributed by atoms with Gasteiger partial charge >= 0.3 is 0 Å². The first-order chi connectivity index (χ1) is 17.8. The van der Waals surface area contributed by atoms with Crippen LogP contribution in [0, 0.1) is 11.7 Å². The van der Waals surface area contributed by atoms with Crippen LogP contribution in [-0.4, -0.2) is 59.5 Å². The minimum absolute atomic E-state index is 0.100. The number of halogens is 2. The molecule has 0 aliphatic rings. The number of hydrogen-bond acceptors (Lipinski definition) is 3. The summed E-state index contributed by atoms with van der Waals surface area (Å²) < 4.78 is 21.0. The van der Waals surface area contributed by atoms with Gasteiger partial charge in [0.2, 0.25) is 5.91 Å². The smallest absolute Gasteiger partial charge is 0.254 e. The number of carbonyl (C=O) groups excluding carboxylic acids is 2. The van der Waals surface area contributed by atoms with Gasteiger partial charge in [-0.1, -0.05) is 49.7 Å². The fourth-order valence-electron chi connectivity index (χ4n) is 4.17. The van der Waals surface area contributed by atoms with Gasteiger partial charge in [0.25, 0.3) is 5.91 Å². The van der Waals surface area contributed by atoms with Gasteiger partial charge in [0.1, 0.15) is 12.4 Å². The second kappa shape index (κ2) is 14.0. The van der Waals surface area contributed by atoms with E-state index >= 15 is 0 Å². The van der Waals surface area contributed by atoms with Crippen molar-refractivity contribution < 1.29 is 18.7 Å². The molecule has 0 fully saturated rings. The fraction of sp³-hybridized carbons (Fsp3) is 0.379. The molecule has 198 valence electrons. The molecular weight excluding hydrogens is 493 g/mol. The summed E-state index contributed by atoms with van der Waals surface area (Å²) in [6.07, 6.45) is 2.54. The monoisotopic (exact) mass is 527 g/mol. The molecule has 6 nitrogen and oxygen atoms in total. The van der Waals surface area contributed by atoms with Gasteiger partial charge in [-0.25, -0.2) is 4.39 Å². The molecule has 0 aliphatic heterocycles. The predicted molar refractivity (Wildman–Crippen MR) is 144 cm³/mol. The molecule has 1 heterocycles. The van der Waals surface area contributed by atoms with Crippen LogP contribution in [-0.2, 0) is 22.6 Å². The Kier molecular flexibility index (Phi) is 10.7. The van der Waals surface area contributed by atoms with E-state index in [0.717, 1.165) is 11.3 Å². The van der Waals surface area contributed by atoms with E-state index in [4.69, 9.17) is 16.3 Å². The highest BCUT2D eigenvalue weighted by molar-refractivity contribution is 6.31. The van der Waals surface area contributed by atoms with Gasteiger partial charge in [0.05, 0.1) is 6.54 Å². The Hall–Kier alpha value is -3.16. The average molecular weight is 528 g/mol. The predicted octanol–water partition coefficient (Wildman–Crippen LogP) is 5.49. The summed E-state index contributed by atoms with van der Waals surface area (Å²) in [6.45, 7) is 6.31. The summed E-state index contributed by atoms with van der Waals surface area (Å²) in [5, 5.41) is 0.694. The third kappa shape index (κ3) is 8.44. The van der Waals surface area contributed by atoms with Crippen LogP contribution in [0.15, 0.2) is 66.9 Å². The molecule has 2 aromatic carbocycles. The number of aromatic nitrogens is 1. The van der Waals surface area contributed by atoms with E-state index in [1.54, 1.807) is 18.1 Å². The van der Waals surface area contributed by atoms with Crippen LogP contribution in [0.3, 0.4) is 0 Å². The molecule has 0 bridgehead atoms. The SMILES string of the molecule is COCCCN(CC(=O)N(Cc1cccn1Cc1ccccc1Cl)CC(C)C)C(=O)c1cccc(F)c1. The first-order valence-corrected chi connectivity index (χ1v) is 12.8. The van der Waals surface area contributed by atoms with Crippen LogP contribution in [0.5, 0.6) is 0 Å². The van der Waals surface area contributed by atoms with Crippen molar-refractivity contribution in [3.63, 3.8) is 0 Å². The molecule has 2 amide bonds. The molecule has 0 spiro atoms. The number of rotatable bonds is 13. The molecule has 0 atom stereocenters. The van der Waals surface area contributed by atoms with Gasteiger partial charge < -0.3 is 19.1 Å². The summed E-state index contributed by atoms with van der Waals surface area (Å²) in [6, 6.07) is 17.2. The second-order valence-electron chi connectivity index (χ2n) is 9.47. The lowest BCUT2D eigenvalue weighted by molar-refractivity contribution is -0.133. The molecule has 0 N–H and O–H groups in total. The molecule has 1 aromatic heterocycles. The second-order valence-corrected chi connectivity index (χ2v) is 9.88. The Bertz CT molecular complexity index is 1180. The molecule has 0 aliphatic carbocycles. The lowest BCUT2D eigenvalue weighted by Crippen LogP contribution is -2.44. The highest BCUT2D eigenvalue weighted by Gasteiger charge is 2.24. The Labute approximate surface area is 223 Å². The van der Waals surface area contributed by atoms with Crippen molar-refractivity contribution >= 4 is 23.4 Å². The lowest BCUT2D eigenvalue weighted by Gasteiger charge is -2.29. The lowest BCUT2D eigenvalue weighted by atomic mass is 10.1. The van der Waals surface area contributed by atoms with Crippen LogP contribution in [0.4, 0.5) is 4.39 Å². The van der Waals surface area contributed by atoms with Crippen LogP contribution in [0.1, 0.15) is 41.9 Å². The van der Waals surface area contributed by atoms with Crippen LogP contribution in [0.2, 0.25) is 5.02 Å².